The van der Waals surface area contributed by atoms with Gasteiger partial charge in [-0.15, -0.1) is 0 Å². The van der Waals surface area contributed by atoms with Crippen LogP contribution in [0.5, 0.6) is 0 Å². The van der Waals surface area contributed by atoms with E-state index in [4.69, 9.17) is 11.6 Å². The molecule has 1 heterocycles. The molecule has 1 aliphatic heterocycles. The van der Waals surface area contributed by atoms with Gasteiger partial charge in [0.2, 0.25) is 0 Å². The molecule has 2 aromatic carbocycles. The average Bonchev–Trinajstić information content (AvgIpc) is 2.74. The zero-order chi connectivity index (χ0) is 15.9. The fraction of sp³-hybridized carbons (Fsp3) is 0.0667. The van der Waals surface area contributed by atoms with Crippen molar-refractivity contribution in [3.63, 3.8) is 0 Å². The highest BCUT2D eigenvalue weighted by Crippen LogP contribution is 2.31. The van der Waals surface area contributed by atoms with Crippen LogP contribution in [0.15, 0.2) is 42.5 Å². The van der Waals surface area contributed by atoms with Gasteiger partial charge >= 0.3 is 0 Å². The Morgan fingerprint density at radius 2 is 1.59 bits per heavy atom. The molecule has 0 saturated carbocycles. The van der Waals surface area contributed by atoms with E-state index in [1.54, 1.807) is 30.3 Å². The van der Waals surface area contributed by atoms with Crippen molar-refractivity contribution in [3.8, 4) is 0 Å². The van der Waals surface area contributed by atoms with E-state index in [0.717, 1.165) is 4.90 Å². The number of imide groups is 1. The molecule has 110 valence electrons. The van der Waals surface area contributed by atoms with Gasteiger partial charge in [-0.25, -0.2) is 0 Å². The average molecular weight is 317 g/mol. The molecular weight excluding hydrogens is 308 g/mol. The van der Waals surface area contributed by atoms with Crippen molar-refractivity contribution in [3.05, 3.63) is 74.3 Å². The van der Waals surface area contributed by atoms with E-state index in [9.17, 15) is 19.7 Å². The lowest BCUT2D eigenvalue weighted by Crippen LogP contribution is -2.29. The number of nitro groups is 1. The summed E-state index contributed by atoms with van der Waals surface area (Å²) in [6.07, 6.45) is 0. The maximum Gasteiger partial charge on any atom is 0.288 e. The van der Waals surface area contributed by atoms with Crippen LogP contribution in [-0.4, -0.2) is 21.6 Å². The molecular formula is C15H9ClN2O4. The summed E-state index contributed by atoms with van der Waals surface area (Å²) in [6, 6.07) is 10.8. The van der Waals surface area contributed by atoms with Crippen LogP contribution in [0.25, 0.3) is 0 Å². The van der Waals surface area contributed by atoms with Gasteiger partial charge in [-0.2, -0.15) is 0 Å². The minimum absolute atomic E-state index is 0.0657. The highest BCUT2D eigenvalue weighted by atomic mass is 35.5. The number of benzene rings is 2. The highest BCUT2D eigenvalue weighted by molar-refractivity contribution is 6.33. The molecule has 22 heavy (non-hydrogen) atoms. The standard InChI is InChI=1S/C15H9ClN2O4/c16-13-9(4-3-7-12(13)18(21)22)8-17-14(19)10-5-1-2-6-11(10)15(17)20/h1-7H,8H2. The van der Waals surface area contributed by atoms with Gasteiger partial charge in [-0.1, -0.05) is 35.9 Å². The lowest BCUT2D eigenvalue weighted by molar-refractivity contribution is -0.384. The Morgan fingerprint density at radius 1 is 1.00 bits per heavy atom. The summed E-state index contributed by atoms with van der Waals surface area (Å²) in [5.74, 6) is -0.855. The number of rotatable bonds is 3. The lowest BCUT2D eigenvalue weighted by atomic mass is 10.1. The molecule has 0 saturated heterocycles. The first-order valence-electron chi connectivity index (χ1n) is 6.37. The fourth-order valence-corrected chi connectivity index (χ4v) is 2.64. The summed E-state index contributed by atoms with van der Waals surface area (Å²) in [6.45, 7) is -0.104. The third-order valence-corrected chi connectivity index (χ3v) is 3.90. The van der Waals surface area contributed by atoms with E-state index < -0.39 is 16.7 Å². The second kappa shape index (κ2) is 5.23. The molecule has 0 radical (unpaired) electrons. The zero-order valence-corrected chi connectivity index (χ0v) is 11.9. The molecule has 0 atom stereocenters. The summed E-state index contributed by atoms with van der Waals surface area (Å²) >= 11 is 6.00. The summed E-state index contributed by atoms with van der Waals surface area (Å²) in [5.41, 5.74) is 0.754. The first kappa shape index (κ1) is 14.2. The molecule has 7 heteroatoms. The monoisotopic (exact) mass is 316 g/mol. The molecule has 3 rings (SSSR count). The van der Waals surface area contributed by atoms with Crippen molar-refractivity contribution in [2.24, 2.45) is 0 Å². The van der Waals surface area contributed by atoms with Crippen molar-refractivity contribution in [2.45, 2.75) is 6.54 Å². The van der Waals surface area contributed by atoms with Gasteiger partial charge < -0.3 is 0 Å². The molecule has 0 N–H and O–H groups in total. The summed E-state index contributed by atoms with van der Waals surface area (Å²) < 4.78 is 0. The number of carbonyl (C=O) groups is 2. The molecule has 0 bridgehead atoms. The van der Waals surface area contributed by atoms with Crippen LogP contribution < -0.4 is 0 Å². The number of halogens is 1. The van der Waals surface area contributed by atoms with Crippen LogP contribution in [0, 0.1) is 10.1 Å². The minimum Gasteiger partial charge on any atom is -0.270 e. The van der Waals surface area contributed by atoms with Crippen LogP contribution in [0.3, 0.4) is 0 Å². The molecule has 2 amide bonds. The summed E-state index contributed by atoms with van der Waals surface area (Å²) in [5, 5.41) is 10.8. The van der Waals surface area contributed by atoms with Crippen molar-refractivity contribution in [2.75, 3.05) is 0 Å². The molecule has 6 nitrogen and oxygen atoms in total. The van der Waals surface area contributed by atoms with Crippen molar-refractivity contribution in [1.29, 1.82) is 0 Å². The molecule has 1 aliphatic rings. The van der Waals surface area contributed by atoms with Crippen LogP contribution in [0.1, 0.15) is 26.3 Å². The quantitative estimate of drug-likeness (QED) is 0.495. The van der Waals surface area contributed by atoms with E-state index >= 15 is 0 Å². The Bertz CT molecular complexity index is 784. The second-order valence-corrected chi connectivity index (χ2v) is 5.13. The van der Waals surface area contributed by atoms with E-state index in [0.29, 0.717) is 16.7 Å². The number of nitrogens with zero attached hydrogens (tertiary/aromatic N) is 2. The molecule has 0 aromatic heterocycles. The molecule has 0 spiro atoms. The lowest BCUT2D eigenvalue weighted by Gasteiger charge is -2.14. The topological polar surface area (TPSA) is 80.5 Å². The molecule has 0 fully saturated rings. The van der Waals surface area contributed by atoms with Crippen LogP contribution >= 0.6 is 11.6 Å². The summed E-state index contributed by atoms with van der Waals surface area (Å²) in [7, 11) is 0. The van der Waals surface area contributed by atoms with Crippen molar-refractivity contribution >= 4 is 29.1 Å². The number of hydrogen-bond donors (Lipinski definition) is 0. The van der Waals surface area contributed by atoms with E-state index in [-0.39, 0.29) is 17.3 Å². The van der Waals surface area contributed by atoms with Crippen molar-refractivity contribution in [1.82, 2.24) is 4.90 Å². The van der Waals surface area contributed by atoms with Gasteiger partial charge in [-0.3, -0.25) is 24.6 Å². The van der Waals surface area contributed by atoms with Crippen molar-refractivity contribution < 1.29 is 14.5 Å². The van der Waals surface area contributed by atoms with Gasteiger partial charge in [0.05, 0.1) is 22.6 Å². The molecule has 2 aromatic rings. The smallest absolute Gasteiger partial charge is 0.270 e. The number of nitro benzene ring substituents is 1. The van der Waals surface area contributed by atoms with E-state index in [1.165, 1.54) is 12.1 Å². The normalized spacial score (nSPS) is 13.4. The Morgan fingerprint density at radius 3 is 2.14 bits per heavy atom. The Kier molecular flexibility index (Phi) is 3.38. The minimum atomic E-state index is -0.603. The van der Waals surface area contributed by atoms with Crippen LogP contribution in [0.2, 0.25) is 5.02 Å². The Labute approximate surface area is 130 Å². The van der Waals surface area contributed by atoms with Gasteiger partial charge in [0, 0.05) is 6.07 Å². The maximum atomic E-state index is 12.3. The first-order chi connectivity index (χ1) is 10.5. The number of fused-ring (bicyclic) bond motifs is 1. The highest BCUT2D eigenvalue weighted by Gasteiger charge is 2.35. The third-order valence-electron chi connectivity index (χ3n) is 3.46. The third kappa shape index (κ3) is 2.14. The molecule has 0 unspecified atom stereocenters. The zero-order valence-electron chi connectivity index (χ0n) is 11.2. The fourth-order valence-electron chi connectivity index (χ4n) is 2.38. The van der Waals surface area contributed by atoms with Gasteiger partial charge in [0.15, 0.2) is 0 Å². The summed E-state index contributed by atoms with van der Waals surface area (Å²) in [4.78, 5) is 35.9. The largest absolute Gasteiger partial charge is 0.288 e. The van der Waals surface area contributed by atoms with Crippen LogP contribution in [0.4, 0.5) is 5.69 Å². The first-order valence-corrected chi connectivity index (χ1v) is 6.75. The van der Waals surface area contributed by atoms with Crippen LogP contribution in [-0.2, 0) is 6.54 Å². The maximum absolute atomic E-state index is 12.3. The number of carbonyl (C=O) groups excluding carboxylic acids is 2. The van der Waals surface area contributed by atoms with E-state index in [2.05, 4.69) is 0 Å². The number of hydrogen-bond acceptors (Lipinski definition) is 4. The Hall–Kier alpha value is -2.73. The number of amides is 2. The van der Waals surface area contributed by atoms with Gasteiger partial charge in [0.25, 0.3) is 17.5 Å². The Balaban J connectivity index is 1.96. The predicted molar refractivity (Wildman–Crippen MR) is 78.8 cm³/mol. The second-order valence-electron chi connectivity index (χ2n) is 4.75. The predicted octanol–water partition coefficient (Wildman–Crippen LogP) is 3.04. The van der Waals surface area contributed by atoms with E-state index in [1.807, 2.05) is 0 Å². The van der Waals surface area contributed by atoms with Gasteiger partial charge in [0.1, 0.15) is 5.02 Å². The SMILES string of the molecule is O=C1c2ccccc2C(=O)N1Cc1cccc([N+](=O)[O-])c1Cl. The van der Waals surface area contributed by atoms with Gasteiger partial charge in [-0.05, 0) is 17.7 Å². The molecule has 0 aliphatic carbocycles.